The van der Waals surface area contributed by atoms with Gasteiger partial charge in [0.2, 0.25) is 0 Å². The lowest BCUT2D eigenvalue weighted by molar-refractivity contribution is -0.135. The van der Waals surface area contributed by atoms with Gasteiger partial charge in [0.25, 0.3) is 11.8 Å². The Bertz CT molecular complexity index is 1440. The number of aromatic nitrogens is 2. The van der Waals surface area contributed by atoms with Crippen LogP contribution in [-0.4, -0.2) is 58.2 Å². The summed E-state index contributed by atoms with van der Waals surface area (Å²) < 4.78 is 43.5. The molecule has 1 aliphatic heterocycles. The fourth-order valence-corrected chi connectivity index (χ4v) is 6.52. The standard InChI is InChI=1S/C29H32F3N5O3/c1-27(2,40-23-5-3-4-22-20(23)10-11-33-22)26(39)36-19-12-17-6-8-21(17)28(13-19)16-37(28)24-9-7-18(14-34-24)25(38)35-15-29(30,31)32/h3-5,7,9-11,14,17,19,21,33H,6,8,12-13,15-16H2,1-2H3,(H,35,38)(H,36,39). The van der Waals surface area contributed by atoms with Crippen LogP contribution in [-0.2, 0) is 4.79 Å². The minimum Gasteiger partial charge on any atom is -0.477 e. The highest BCUT2D eigenvalue weighted by Crippen LogP contribution is 2.59. The Balaban J connectivity index is 1.11. The van der Waals surface area contributed by atoms with Gasteiger partial charge in [-0.05, 0) is 81.7 Å². The normalized spacial score (nSPS) is 25.7. The molecule has 212 valence electrons. The molecule has 4 atom stereocenters. The lowest BCUT2D eigenvalue weighted by Crippen LogP contribution is -2.57. The van der Waals surface area contributed by atoms with Crippen LogP contribution in [0.3, 0.4) is 0 Å². The van der Waals surface area contributed by atoms with Crippen molar-refractivity contribution < 1.29 is 27.5 Å². The van der Waals surface area contributed by atoms with Gasteiger partial charge >= 0.3 is 6.18 Å². The molecule has 6 rings (SSSR count). The minimum atomic E-state index is -4.47. The lowest BCUT2D eigenvalue weighted by atomic mass is 9.58. The molecule has 8 nitrogen and oxygen atoms in total. The molecule has 2 aromatic heterocycles. The first-order chi connectivity index (χ1) is 19.0. The van der Waals surface area contributed by atoms with Crippen molar-refractivity contribution in [2.24, 2.45) is 11.8 Å². The lowest BCUT2D eigenvalue weighted by Gasteiger charge is -2.50. The largest absolute Gasteiger partial charge is 0.477 e. The smallest absolute Gasteiger partial charge is 0.405 e. The molecule has 3 aromatic rings. The number of fused-ring (bicyclic) bond motifs is 3. The Labute approximate surface area is 229 Å². The van der Waals surface area contributed by atoms with E-state index in [0.717, 1.165) is 43.1 Å². The van der Waals surface area contributed by atoms with E-state index in [4.69, 9.17) is 4.74 Å². The maximum atomic E-state index is 13.4. The molecule has 1 aromatic carbocycles. The third kappa shape index (κ3) is 4.86. The van der Waals surface area contributed by atoms with Crippen molar-refractivity contribution in [1.29, 1.82) is 0 Å². The average molecular weight is 556 g/mol. The van der Waals surface area contributed by atoms with E-state index in [1.165, 1.54) is 12.3 Å². The molecule has 2 amide bonds. The highest BCUT2D eigenvalue weighted by atomic mass is 19.4. The fourth-order valence-electron chi connectivity index (χ4n) is 6.52. The van der Waals surface area contributed by atoms with Gasteiger partial charge in [-0.1, -0.05) is 6.07 Å². The number of hydrogen-bond donors (Lipinski definition) is 3. The first-order valence-corrected chi connectivity index (χ1v) is 13.6. The Hall–Kier alpha value is -3.76. The number of nitrogens with zero attached hydrogens (tertiary/aromatic N) is 2. The summed E-state index contributed by atoms with van der Waals surface area (Å²) >= 11 is 0. The van der Waals surface area contributed by atoms with Crippen molar-refractivity contribution >= 4 is 28.5 Å². The number of hydrogen-bond acceptors (Lipinski definition) is 5. The van der Waals surface area contributed by atoms with Gasteiger partial charge in [-0.25, -0.2) is 4.98 Å². The van der Waals surface area contributed by atoms with E-state index in [9.17, 15) is 22.8 Å². The van der Waals surface area contributed by atoms with E-state index in [1.807, 2.05) is 35.8 Å². The highest BCUT2D eigenvalue weighted by Gasteiger charge is 2.65. The first-order valence-electron chi connectivity index (χ1n) is 13.6. The van der Waals surface area contributed by atoms with Crippen LogP contribution in [0.2, 0.25) is 0 Å². The van der Waals surface area contributed by atoms with Crippen molar-refractivity contribution in [3.8, 4) is 5.75 Å². The van der Waals surface area contributed by atoms with E-state index in [2.05, 4.69) is 20.2 Å². The number of carbonyl (C=O) groups excluding carboxylic acids is 2. The second-order valence-electron chi connectivity index (χ2n) is 11.8. The number of alkyl halides is 3. The van der Waals surface area contributed by atoms with Crippen molar-refractivity contribution in [2.45, 2.75) is 62.9 Å². The molecule has 3 aliphatic rings. The Morgan fingerprint density at radius 1 is 1.18 bits per heavy atom. The van der Waals surface area contributed by atoms with Crippen molar-refractivity contribution in [1.82, 2.24) is 20.6 Å². The Kier molecular flexibility index (Phi) is 6.23. The molecule has 0 bridgehead atoms. The van der Waals surface area contributed by atoms with Gasteiger partial charge in [0.05, 0.1) is 11.1 Å². The number of rotatable bonds is 7. The van der Waals surface area contributed by atoms with Crippen LogP contribution in [0.15, 0.2) is 48.8 Å². The maximum Gasteiger partial charge on any atom is 0.405 e. The van der Waals surface area contributed by atoms with E-state index < -0.39 is 24.2 Å². The van der Waals surface area contributed by atoms with Gasteiger partial charge in [-0.2, -0.15) is 13.2 Å². The second kappa shape index (κ2) is 9.42. The topological polar surface area (TPSA) is 99.1 Å². The van der Waals surface area contributed by atoms with E-state index in [-0.39, 0.29) is 23.1 Å². The fraction of sp³-hybridized carbons (Fsp3) is 0.483. The molecular weight excluding hydrogens is 523 g/mol. The van der Waals surface area contributed by atoms with Crippen LogP contribution in [0.5, 0.6) is 5.75 Å². The molecule has 4 unspecified atom stereocenters. The van der Waals surface area contributed by atoms with Crippen molar-refractivity contribution in [3.63, 3.8) is 0 Å². The van der Waals surface area contributed by atoms with E-state index in [0.29, 0.717) is 23.4 Å². The number of pyridine rings is 1. The van der Waals surface area contributed by atoms with Crippen LogP contribution < -0.4 is 20.3 Å². The Morgan fingerprint density at radius 3 is 2.70 bits per heavy atom. The summed E-state index contributed by atoms with van der Waals surface area (Å²) in [6.07, 6.45) is 2.62. The summed E-state index contributed by atoms with van der Waals surface area (Å²) in [4.78, 5) is 35.3. The van der Waals surface area contributed by atoms with Crippen LogP contribution in [0, 0.1) is 11.8 Å². The number of nitrogens with one attached hydrogen (secondary N) is 3. The van der Waals surface area contributed by atoms with Gasteiger partial charge in [-0.15, -0.1) is 0 Å². The SMILES string of the molecule is CC(C)(Oc1cccc2[nH]ccc12)C(=O)NC1CC2CCC2C2(C1)CN2c1ccc(C(=O)NCC(F)(F)F)cn1. The summed E-state index contributed by atoms with van der Waals surface area (Å²) in [7, 11) is 0. The number of aromatic amines is 1. The monoisotopic (exact) mass is 555 g/mol. The summed E-state index contributed by atoms with van der Waals surface area (Å²) in [5, 5.41) is 6.05. The van der Waals surface area contributed by atoms with Crippen LogP contribution >= 0.6 is 0 Å². The third-order valence-electron chi connectivity index (χ3n) is 8.70. The summed E-state index contributed by atoms with van der Waals surface area (Å²) in [5.41, 5.74) is -0.177. The average Bonchev–Trinajstić information content (AvgIpc) is 3.34. The molecule has 11 heteroatoms. The Morgan fingerprint density at radius 2 is 2.00 bits per heavy atom. The van der Waals surface area contributed by atoms with Crippen LogP contribution in [0.1, 0.15) is 49.9 Å². The molecular formula is C29H32F3N5O3. The van der Waals surface area contributed by atoms with E-state index in [1.54, 1.807) is 19.9 Å². The molecule has 1 spiro atoms. The number of anilines is 1. The maximum absolute atomic E-state index is 13.4. The van der Waals surface area contributed by atoms with Crippen molar-refractivity contribution in [2.75, 3.05) is 18.0 Å². The second-order valence-corrected chi connectivity index (χ2v) is 11.8. The molecule has 40 heavy (non-hydrogen) atoms. The zero-order valence-electron chi connectivity index (χ0n) is 22.3. The predicted molar refractivity (Wildman–Crippen MR) is 143 cm³/mol. The van der Waals surface area contributed by atoms with Crippen molar-refractivity contribution in [3.05, 3.63) is 54.4 Å². The summed E-state index contributed by atoms with van der Waals surface area (Å²) in [5.74, 6) is 1.37. The van der Waals surface area contributed by atoms with Crippen LogP contribution in [0.25, 0.3) is 10.9 Å². The van der Waals surface area contributed by atoms with Gasteiger partial charge in [0, 0.05) is 35.9 Å². The van der Waals surface area contributed by atoms with Gasteiger partial charge in [0.15, 0.2) is 5.60 Å². The van der Waals surface area contributed by atoms with Gasteiger partial charge in [-0.3, -0.25) is 9.59 Å². The predicted octanol–water partition coefficient (Wildman–Crippen LogP) is 4.58. The number of ether oxygens (including phenoxy) is 1. The number of halogens is 3. The van der Waals surface area contributed by atoms with Crippen LogP contribution in [0.4, 0.5) is 19.0 Å². The molecule has 1 saturated heterocycles. The van der Waals surface area contributed by atoms with E-state index >= 15 is 0 Å². The molecule has 2 saturated carbocycles. The molecule has 3 N–H and O–H groups in total. The zero-order valence-corrected chi connectivity index (χ0v) is 22.3. The number of amides is 2. The minimum absolute atomic E-state index is 0.0163. The summed E-state index contributed by atoms with van der Waals surface area (Å²) in [6, 6.07) is 10.8. The molecule has 3 heterocycles. The molecule has 2 aliphatic carbocycles. The molecule has 0 radical (unpaired) electrons. The quantitative estimate of drug-likeness (QED) is 0.371. The van der Waals surface area contributed by atoms with Gasteiger partial charge < -0.3 is 25.3 Å². The molecule has 3 fully saturated rings. The summed E-state index contributed by atoms with van der Waals surface area (Å²) in [6.45, 7) is 2.96. The number of carbonyl (C=O) groups is 2. The highest BCUT2D eigenvalue weighted by molar-refractivity contribution is 5.94. The first kappa shape index (κ1) is 26.5. The van der Waals surface area contributed by atoms with Gasteiger partial charge in [0.1, 0.15) is 18.1 Å². The number of benzene rings is 1. The zero-order chi connectivity index (χ0) is 28.3. The number of H-pyrrole nitrogens is 1. The third-order valence-corrected chi connectivity index (χ3v) is 8.70.